The summed E-state index contributed by atoms with van der Waals surface area (Å²) in [6.45, 7) is 3.01. The van der Waals surface area contributed by atoms with Crippen molar-refractivity contribution in [2.45, 2.75) is 38.8 Å². The first kappa shape index (κ1) is 12.7. The minimum Gasteiger partial charge on any atom is -0.454 e. The second-order valence-electron chi connectivity index (χ2n) is 5.68. The lowest BCUT2D eigenvalue weighted by atomic mass is 10.1. The second-order valence-corrected chi connectivity index (χ2v) is 5.68. The maximum Gasteiger partial charge on any atom is 0.156 e. The molecule has 1 saturated carbocycles. The first-order chi connectivity index (χ1) is 10.4. The summed E-state index contributed by atoms with van der Waals surface area (Å²) < 4.78 is 6.10. The van der Waals surface area contributed by atoms with Gasteiger partial charge in [-0.3, -0.25) is 5.10 Å². The van der Waals surface area contributed by atoms with E-state index < -0.39 is 0 Å². The summed E-state index contributed by atoms with van der Waals surface area (Å²) in [5.74, 6) is 0.934. The van der Waals surface area contributed by atoms with E-state index in [0.717, 1.165) is 30.0 Å². The van der Waals surface area contributed by atoms with Gasteiger partial charge in [0, 0.05) is 29.1 Å². The molecule has 108 valence electrons. The first-order valence-corrected chi connectivity index (χ1v) is 7.63. The quantitative estimate of drug-likeness (QED) is 0.750. The van der Waals surface area contributed by atoms with E-state index in [4.69, 9.17) is 4.42 Å². The molecule has 0 atom stereocenters. The molecule has 0 aliphatic heterocycles. The molecule has 0 radical (unpaired) electrons. The van der Waals surface area contributed by atoms with E-state index in [1.807, 2.05) is 18.3 Å². The van der Waals surface area contributed by atoms with Crippen LogP contribution in [0, 0.1) is 0 Å². The highest BCUT2D eigenvalue weighted by Gasteiger charge is 2.22. The molecule has 4 nitrogen and oxygen atoms in total. The Hall–Kier alpha value is -2.07. The van der Waals surface area contributed by atoms with Gasteiger partial charge in [-0.1, -0.05) is 25.1 Å². The van der Waals surface area contributed by atoms with Gasteiger partial charge >= 0.3 is 0 Å². The summed E-state index contributed by atoms with van der Waals surface area (Å²) in [5.41, 5.74) is 4.38. The summed E-state index contributed by atoms with van der Waals surface area (Å²) in [6, 6.07) is 8.91. The molecule has 0 bridgehead atoms. The zero-order valence-electron chi connectivity index (χ0n) is 12.1. The summed E-state index contributed by atoms with van der Waals surface area (Å²) in [5, 5.41) is 12.1. The number of hydrogen-bond donors (Lipinski definition) is 2. The molecule has 2 heterocycles. The molecule has 2 aromatic heterocycles. The van der Waals surface area contributed by atoms with Gasteiger partial charge in [0.05, 0.1) is 6.20 Å². The molecule has 0 spiro atoms. The van der Waals surface area contributed by atoms with Crippen molar-refractivity contribution in [2.75, 3.05) is 0 Å². The normalized spacial score (nSPS) is 14.9. The van der Waals surface area contributed by atoms with E-state index in [-0.39, 0.29) is 0 Å². The number of hydrogen-bond acceptors (Lipinski definition) is 3. The molecule has 0 amide bonds. The zero-order valence-corrected chi connectivity index (χ0v) is 12.1. The minimum atomic E-state index is 0.689. The van der Waals surface area contributed by atoms with Crippen LogP contribution in [0.2, 0.25) is 0 Å². The third-order valence-corrected chi connectivity index (χ3v) is 4.16. The largest absolute Gasteiger partial charge is 0.454 e. The van der Waals surface area contributed by atoms with E-state index in [0.29, 0.717) is 6.04 Å². The molecule has 2 N–H and O–H groups in total. The number of furan rings is 1. The van der Waals surface area contributed by atoms with Crippen LogP contribution < -0.4 is 5.32 Å². The fourth-order valence-corrected chi connectivity index (χ4v) is 2.84. The molecule has 3 aromatic rings. The molecule has 1 aliphatic carbocycles. The van der Waals surface area contributed by atoms with Gasteiger partial charge in [0.2, 0.25) is 0 Å². The van der Waals surface area contributed by atoms with Gasteiger partial charge in [0.15, 0.2) is 5.76 Å². The second kappa shape index (κ2) is 5.04. The van der Waals surface area contributed by atoms with E-state index in [1.165, 1.54) is 29.4 Å². The summed E-state index contributed by atoms with van der Waals surface area (Å²) >= 11 is 0. The van der Waals surface area contributed by atoms with Crippen molar-refractivity contribution in [3.8, 4) is 11.5 Å². The molecule has 21 heavy (non-hydrogen) atoms. The van der Waals surface area contributed by atoms with Gasteiger partial charge in [-0.25, -0.2) is 0 Å². The molecule has 0 unspecified atom stereocenters. The van der Waals surface area contributed by atoms with Gasteiger partial charge in [-0.2, -0.15) is 5.10 Å². The number of aromatic amines is 1. The van der Waals surface area contributed by atoms with E-state index in [9.17, 15) is 0 Å². The maximum atomic E-state index is 6.10. The van der Waals surface area contributed by atoms with Crippen LogP contribution in [0.25, 0.3) is 22.4 Å². The average molecular weight is 281 g/mol. The molecule has 1 fully saturated rings. The Bertz CT molecular complexity index is 767. The third kappa shape index (κ3) is 2.25. The van der Waals surface area contributed by atoms with Crippen LogP contribution in [0.3, 0.4) is 0 Å². The maximum absolute atomic E-state index is 6.10. The summed E-state index contributed by atoms with van der Waals surface area (Å²) in [7, 11) is 0. The van der Waals surface area contributed by atoms with Crippen LogP contribution >= 0.6 is 0 Å². The zero-order chi connectivity index (χ0) is 14.2. The Balaban J connectivity index is 1.77. The average Bonchev–Trinajstić information content (AvgIpc) is 3.10. The fraction of sp³-hybridized carbons (Fsp3) is 0.353. The molecule has 0 saturated heterocycles. The number of benzene rings is 1. The van der Waals surface area contributed by atoms with Crippen molar-refractivity contribution in [3.63, 3.8) is 0 Å². The SMILES string of the molecule is CCc1c(-c2[nH]ncc2CNC2CC2)oc2ccccc12. The van der Waals surface area contributed by atoms with Crippen molar-refractivity contribution < 1.29 is 4.42 Å². The van der Waals surface area contributed by atoms with E-state index in [2.05, 4.69) is 34.6 Å². The Morgan fingerprint density at radius 1 is 1.33 bits per heavy atom. The van der Waals surface area contributed by atoms with Crippen LogP contribution in [0.4, 0.5) is 0 Å². The fourth-order valence-electron chi connectivity index (χ4n) is 2.84. The molecule has 1 aliphatic rings. The standard InChI is InChI=1S/C17H19N3O/c1-2-13-14-5-3-4-6-15(14)21-17(13)16-11(10-19-20-16)9-18-12-7-8-12/h3-6,10,12,18H,2,7-9H2,1H3,(H,19,20). The number of nitrogens with zero attached hydrogens (tertiary/aromatic N) is 1. The first-order valence-electron chi connectivity index (χ1n) is 7.63. The minimum absolute atomic E-state index is 0.689. The number of rotatable bonds is 5. The lowest BCUT2D eigenvalue weighted by Crippen LogP contribution is -2.15. The van der Waals surface area contributed by atoms with Crippen molar-refractivity contribution in [1.82, 2.24) is 15.5 Å². The summed E-state index contributed by atoms with van der Waals surface area (Å²) in [4.78, 5) is 0. The smallest absolute Gasteiger partial charge is 0.156 e. The van der Waals surface area contributed by atoms with Crippen LogP contribution in [0.15, 0.2) is 34.9 Å². The van der Waals surface area contributed by atoms with Gasteiger partial charge in [-0.05, 0) is 25.3 Å². The Morgan fingerprint density at radius 2 is 2.19 bits per heavy atom. The van der Waals surface area contributed by atoms with Crippen molar-refractivity contribution in [3.05, 3.63) is 41.6 Å². The Morgan fingerprint density at radius 3 is 3.00 bits per heavy atom. The highest BCUT2D eigenvalue weighted by atomic mass is 16.3. The van der Waals surface area contributed by atoms with Gasteiger partial charge < -0.3 is 9.73 Å². The number of nitrogens with one attached hydrogen (secondary N) is 2. The van der Waals surface area contributed by atoms with E-state index >= 15 is 0 Å². The molecule has 4 heteroatoms. The van der Waals surface area contributed by atoms with Crippen LogP contribution in [0.5, 0.6) is 0 Å². The molecule has 1 aromatic carbocycles. The van der Waals surface area contributed by atoms with Crippen LogP contribution in [0.1, 0.15) is 30.9 Å². The Labute approximate surface area is 123 Å². The van der Waals surface area contributed by atoms with Gasteiger partial charge in [0.1, 0.15) is 11.3 Å². The van der Waals surface area contributed by atoms with Crippen molar-refractivity contribution >= 4 is 11.0 Å². The van der Waals surface area contributed by atoms with Crippen molar-refractivity contribution in [2.24, 2.45) is 0 Å². The summed E-state index contributed by atoms with van der Waals surface area (Å²) in [6.07, 6.45) is 5.42. The lowest BCUT2D eigenvalue weighted by molar-refractivity contribution is 0.620. The molecular formula is C17H19N3O. The highest BCUT2D eigenvalue weighted by Crippen LogP contribution is 2.34. The lowest BCUT2D eigenvalue weighted by Gasteiger charge is -2.04. The molecular weight excluding hydrogens is 262 g/mol. The van der Waals surface area contributed by atoms with Gasteiger partial charge in [0.25, 0.3) is 0 Å². The number of fused-ring (bicyclic) bond motifs is 1. The number of para-hydroxylation sites is 1. The van der Waals surface area contributed by atoms with E-state index in [1.54, 1.807) is 0 Å². The molecule has 4 rings (SSSR count). The Kier molecular flexibility index (Phi) is 3.04. The highest BCUT2D eigenvalue weighted by molar-refractivity contribution is 5.87. The van der Waals surface area contributed by atoms with Gasteiger partial charge in [-0.15, -0.1) is 0 Å². The number of H-pyrrole nitrogens is 1. The van der Waals surface area contributed by atoms with Crippen LogP contribution in [-0.4, -0.2) is 16.2 Å². The number of aromatic nitrogens is 2. The predicted octanol–water partition coefficient (Wildman–Crippen LogP) is 3.64. The third-order valence-electron chi connectivity index (χ3n) is 4.16. The van der Waals surface area contributed by atoms with Crippen molar-refractivity contribution in [1.29, 1.82) is 0 Å². The predicted molar refractivity (Wildman–Crippen MR) is 83.0 cm³/mol. The van der Waals surface area contributed by atoms with Crippen LogP contribution in [-0.2, 0) is 13.0 Å². The monoisotopic (exact) mass is 281 g/mol. The number of aryl methyl sites for hydroxylation is 1. The topological polar surface area (TPSA) is 53.9 Å².